The lowest BCUT2D eigenvalue weighted by molar-refractivity contribution is 0.0937. The summed E-state index contributed by atoms with van der Waals surface area (Å²) in [5.74, 6) is 0.350. The maximum Gasteiger partial charge on any atom is 0.255 e. The highest BCUT2D eigenvalue weighted by Crippen LogP contribution is 2.20. The Morgan fingerprint density at radius 3 is 2.68 bits per heavy atom. The topological polar surface area (TPSA) is 81.6 Å². The Hall–Kier alpha value is -2.86. The zero-order valence-electron chi connectivity index (χ0n) is 16.7. The molecule has 6 nitrogen and oxygen atoms in total. The smallest absolute Gasteiger partial charge is 0.255 e. The first kappa shape index (κ1) is 19.9. The number of hydrogen-bond donors (Lipinski definition) is 2. The van der Waals surface area contributed by atoms with Gasteiger partial charge in [-0.05, 0) is 43.5 Å². The summed E-state index contributed by atoms with van der Waals surface area (Å²) in [6.07, 6.45) is 5.50. The summed E-state index contributed by atoms with van der Waals surface area (Å²) in [6, 6.07) is 11.2. The number of imidazole rings is 1. The average Bonchev–Trinajstić information content (AvgIpc) is 3.15. The minimum absolute atomic E-state index is 0.182. The number of carbonyl (C=O) groups excluding carboxylic acids is 1. The predicted octanol–water partition coefficient (Wildman–Crippen LogP) is 3.47. The van der Waals surface area contributed by atoms with Crippen LogP contribution in [0.2, 0.25) is 0 Å². The van der Waals surface area contributed by atoms with Gasteiger partial charge in [0.05, 0.1) is 11.3 Å². The third-order valence-electron chi connectivity index (χ3n) is 5.24. The number of aryl methyl sites for hydroxylation is 1. The van der Waals surface area contributed by atoms with Gasteiger partial charge in [0.2, 0.25) is 0 Å². The SMILES string of the molecule is CCC(N)(CC)CNC(=O)c1ccccc1OCc1cn2cccc(C)c2n1. The molecule has 1 aromatic carbocycles. The maximum absolute atomic E-state index is 12.7. The number of aromatic nitrogens is 2. The highest BCUT2D eigenvalue weighted by atomic mass is 16.5. The van der Waals surface area contributed by atoms with Crippen LogP contribution in [0.15, 0.2) is 48.8 Å². The lowest BCUT2D eigenvalue weighted by Gasteiger charge is -2.27. The van der Waals surface area contributed by atoms with Crippen molar-refractivity contribution in [2.45, 2.75) is 45.8 Å². The molecule has 0 bridgehead atoms. The molecular formula is C22H28N4O2. The summed E-state index contributed by atoms with van der Waals surface area (Å²) >= 11 is 0. The van der Waals surface area contributed by atoms with Crippen molar-refractivity contribution in [1.82, 2.24) is 14.7 Å². The van der Waals surface area contributed by atoms with E-state index in [0.717, 1.165) is 29.7 Å². The normalized spacial score (nSPS) is 11.6. The number of nitrogens with one attached hydrogen (secondary N) is 1. The summed E-state index contributed by atoms with van der Waals surface area (Å²) < 4.78 is 7.91. The Balaban J connectivity index is 1.71. The molecule has 0 unspecified atom stereocenters. The summed E-state index contributed by atoms with van der Waals surface area (Å²) in [5.41, 5.74) is 9.21. The number of fused-ring (bicyclic) bond motifs is 1. The summed E-state index contributed by atoms with van der Waals surface area (Å²) in [6.45, 7) is 6.80. The van der Waals surface area contributed by atoms with E-state index in [2.05, 4.69) is 10.3 Å². The van der Waals surface area contributed by atoms with Crippen LogP contribution in [0.1, 0.15) is 48.3 Å². The number of hydrogen-bond acceptors (Lipinski definition) is 4. The standard InChI is InChI=1S/C22H28N4O2/c1-4-22(23,5-2)15-24-21(27)18-10-6-7-11-19(18)28-14-17-13-26-12-8-9-16(3)20(26)25-17/h6-13H,4-5,14-15,23H2,1-3H3,(H,24,27). The first-order chi connectivity index (χ1) is 13.5. The van der Waals surface area contributed by atoms with Gasteiger partial charge in [0, 0.05) is 24.5 Å². The van der Waals surface area contributed by atoms with Crippen LogP contribution in [0.3, 0.4) is 0 Å². The van der Waals surface area contributed by atoms with E-state index < -0.39 is 0 Å². The molecular weight excluding hydrogens is 352 g/mol. The molecule has 28 heavy (non-hydrogen) atoms. The van der Waals surface area contributed by atoms with E-state index in [1.165, 1.54) is 0 Å². The van der Waals surface area contributed by atoms with Crippen LogP contribution in [0, 0.1) is 6.92 Å². The second kappa shape index (κ2) is 8.44. The lowest BCUT2D eigenvalue weighted by atomic mass is 9.94. The highest BCUT2D eigenvalue weighted by molar-refractivity contribution is 5.96. The number of nitrogens with two attached hydrogens (primary N) is 1. The minimum Gasteiger partial charge on any atom is -0.486 e. The van der Waals surface area contributed by atoms with Crippen molar-refractivity contribution in [3.8, 4) is 5.75 Å². The van der Waals surface area contributed by atoms with Crippen molar-refractivity contribution in [2.24, 2.45) is 5.73 Å². The first-order valence-electron chi connectivity index (χ1n) is 9.68. The fourth-order valence-electron chi connectivity index (χ4n) is 3.06. The molecule has 1 amide bonds. The molecule has 6 heteroatoms. The molecule has 0 fully saturated rings. The molecule has 0 atom stereocenters. The molecule has 2 heterocycles. The minimum atomic E-state index is -0.389. The van der Waals surface area contributed by atoms with Crippen molar-refractivity contribution in [3.63, 3.8) is 0 Å². The summed E-state index contributed by atoms with van der Waals surface area (Å²) in [7, 11) is 0. The molecule has 148 valence electrons. The zero-order valence-corrected chi connectivity index (χ0v) is 16.7. The Bertz CT molecular complexity index is 960. The number of nitrogens with zero attached hydrogens (tertiary/aromatic N) is 2. The molecule has 3 aromatic rings. The van der Waals surface area contributed by atoms with Crippen LogP contribution in [0.4, 0.5) is 0 Å². The molecule has 3 rings (SSSR count). The van der Waals surface area contributed by atoms with Gasteiger partial charge >= 0.3 is 0 Å². The monoisotopic (exact) mass is 380 g/mol. The fourth-order valence-corrected chi connectivity index (χ4v) is 3.06. The number of amides is 1. The van der Waals surface area contributed by atoms with Gasteiger partial charge in [-0.1, -0.05) is 32.0 Å². The Morgan fingerprint density at radius 1 is 1.21 bits per heavy atom. The second-order valence-corrected chi connectivity index (χ2v) is 7.19. The van der Waals surface area contributed by atoms with Gasteiger partial charge in [-0.3, -0.25) is 4.79 Å². The maximum atomic E-state index is 12.7. The van der Waals surface area contributed by atoms with Gasteiger partial charge < -0.3 is 20.2 Å². The summed E-state index contributed by atoms with van der Waals surface area (Å²) in [5, 5.41) is 2.95. The second-order valence-electron chi connectivity index (χ2n) is 7.19. The molecule has 3 N–H and O–H groups in total. The van der Waals surface area contributed by atoms with Gasteiger partial charge in [0.25, 0.3) is 5.91 Å². The van der Waals surface area contributed by atoms with Crippen molar-refractivity contribution in [2.75, 3.05) is 6.54 Å². The van der Waals surface area contributed by atoms with E-state index >= 15 is 0 Å². The lowest BCUT2D eigenvalue weighted by Crippen LogP contribution is -2.49. The molecule has 0 radical (unpaired) electrons. The zero-order chi connectivity index (χ0) is 20.1. The molecule has 0 spiro atoms. The van der Waals surface area contributed by atoms with Crippen LogP contribution in [0.5, 0.6) is 5.75 Å². The first-order valence-corrected chi connectivity index (χ1v) is 9.68. The van der Waals surface area contributed by atoms with Gasteiger partial charge in [-0.2, -0.15) is 0 Å². The van der Waals surface area contributed by atoms with Crippen LogP contribution in [0.25, 0.3) is 5.65 Å². The van der Waals surface area contributed by atoms with E-state index in [9.17, 15) is 4.79 Å². The third-order valence-corrected chi connectivity index (χ3v) is 5.24. The molecule has 0 saturated heterocycles. The van der Waals surface area contributed by atoms with E-state index in [0.29, 0.717) is 17.9 Å². The van der Waals surface area contributed by atoms with Crippen LogP contribution in [-0.2, 0) is 6.61 Å². The quantitative estimate of drug-likeness (QED) is 0.627. The highest BCUT2D eigenvalue weighted by Gasteiger charge is 2.22. The fraction of sp³-hybridized carbons (Fsp3) is 0.364. The number of pyridine rings is 1. The third kappa shape index (κ3) is 4.34. The van der Waals surface area contributed by atoms with Crippen molar-refractivity contribution in [1.29, 1.82) is 0 Å². The van der Waals surface area contributed by atoms with Crippen LogP contribution < -0.4 is 15.8 Å². The molecule has 0 aliphatic heterocycles. The number of ether oxygens (including phenoxy) is 1. The molecule has 0 aliphatic rings. The Morgan fingerprint density at radius 2 is 1.96 bits per heavy atom. The van der Waals surface area contributed by atoms with E-state index in [1.54, 1.807) is 12.1 Å². The van der Waals surface area contributed by atoms with Crippen molar-refractivity contribution in [3.05, 3.63) is 65.6 Å². The predicted molar refractivity (Wildman–Crippen MR) is 111 cm³/mol. The van der Waals surface area contributed by atoms with Crippen LogP contribution >= 0.6 is 0 Å². The molecule has 0 saturated carbocycles. The van der Waals surface area contributed by atoms with Crippen LogP contribution in [-0.4, -0.2) is 27.4 Å². The molecule has 2 aromatic heterocycles. The van der Waals surface area contributed by atoms with E-state index in [1.807, 2.05) is 61.8 Å². The number of para-hydroxylation sites is 1. The summed E-state index contributed by atoms with van der Waals surface area (Å²) in [4.78, 5) is 17.3. The van der Waals surface area contributed by atoms with E-state index in [4.69, 9.17) is 10.5 Å². The number of rotatable bonds is 8. The van der Waals surface area contributed by atoms with Gasteiger partial charge in [-0.25, -0.2) is 4.98 Å². The average molecular weight is 380 g/mol. The number of benzene rings is 1. The largest absolute Gasteiger partial charge is 0.486 e. The Labute approximate surface area is 165 Å². The van der Waals surface area contributed by atoms with E-state index in [-0.39, 0.29) is 18.1 Å². The molecule has 0 aliphatic carbocycles. The van der Waals surface area contributed by atoms with Crippen molar-refractivity contribution >= 4 is 11.6 Å². The van der Waals surface area contributed by atoms with Crippen molar-refractivity contribution < 1.29 is 9.53 Å². The Kier molecular flexibility index (Phi) is 5.99. The van der Waals surface area contributed by atoms with Gasteiger partial charge in [-0.15, -0.1) is 0 Å². The van der Waals surface area contributed by atoms with Gasteiger partial charge in [0.1, 0.15) is 18.0 Å². The number of carbonyl (C=O) groups is 1. The van der Waals surface area contributed by atoms with Gasteiger partial charge in [0.15, 0.2) is 0 Å².